The Morgan fingerprint density at radius 3 is 2.49 bits per heavy atom. The lowest BCUT2D eigenvalue weighted by molar-refractivity contribution is -0.128. The van der Waals surface area contributed by atoms with E-state index in [4.69, 9.17) is 15.7 Å². The Morgan fingerprint density at radius 1 is 1.14 bits per heavy atom. The SMILES string of the molecule is C/C=C(\C#N)C(=O)N1CCC(CNc2ncnc(N)c2-c2ccc(Oc3ccccc3)cc2)CC1. The van der Waals surface area contributed by atoms with E-state index in [-0.39, 0.29) is 11.5 Å². The number of nitrogen functional groups attached to an aromatic ring is 1. The van der Waals surface area contributed by atoms with Gasteiger partial charge in [0, 0.05) is 19.6 Å². The number of aromatic nitrogens is 2. The van der Waals surface area contributed by atoms with Crippen LogP contribution >= 0.6 is 0 Å². The third kappa shape index (κ3) is 5.76. The molecule has 0 bridgehead atoms. The van der Waals surface area contributed by atoms with Crippen LogP contribution < -0.4 is 15.8 Å². The lowest BCUT2D eigenvalue weighted by atomic mass is 9.96. The highest BCUT2D eigenvalue weighted by Gasteiger charge is 2.25. The molecule has 1 aromatic heterocycles. The maximum atomic E-state index is 12.4. The second kappa shape index (κ2) is 11.2. The molecular weight excluding hydrogens is 440 g/mol. The molecule has 1 saturated heterocycles. The molecule has 0 atom stereocenters. The Balaban J connectivity index is 1.40. The third-order valence-corrected chi connectivity index (χ3v) is 6.10. The number of allylic oxidation sites excluding steroid dienone is 1. The number of benzene rings is 2. The first kappa shape index (κ1) is 23.8. The second-order valence-electron chi connectivity index (χ2n) is 8.35. The number of likely N-dealkylation sites (tertiary alicyclic amines) is 1. The number of nitrogens with one attached hydrogen (secondary N) is 1. The Kier molecular flexibility index (Phi) is 7.58. The van der Waals surface area contributed by atoms with Crippen molar-refractivity contribution in [3.8, 4) is 28.7 Å². The Bertz CT molecular complexity index is 1230. The zero-order valence-electron chi connectivity index (χ0n) is 19.6. The van der Waals surface area contributed by atoms with E-state index in [1.54, 1.807) is 17.9 Å². The summed E-state index contributed by atoms with van der Waals surface area (Å²) in [6, 6.07) is 19.3. The molecule has 8 nitrogen and oxygen atoms in total. The number of nitriles is 1. The maximum absolute atomic E-state index is 12.4. The van der Waals surface area contributed by atoms with Gasteiger partial charge >= 0.3 is 0 Å². The number of rotatable bonds is 7. The predicted octanol–water partition coefficient (Wildman–Crippen LogP) is 4.64. The van der Waals surface area contributed by atoms with Crippen LogP contribution in [0.5, 0.6) is 11.5 Å². The number of nitrogens with two attached hydrogens (primary N) is 1. The average Bonchev–Trinajstić information content (AvgIpc) is 2.90. The normalized spacial score (nSPS) is 14.3. The Hall–Kier alpha value is -4.38. The molecule has 1 aliphatic rings. The van der Waals surface area contributed by atoms with Crippen molar-refractivity contribution in [3.63, 3.8) is 0 Å². The molecule has 2 heterocycles. The van der Waals surface area contributed by atoms with E-state index in [0.29, 0.717) is 37.2 Å². The lowest BCUT2D eigenvalue weighted by Crippen LogP contribution is -2.40. The molecule has 2 aromatic carbocycles. The minimum absolute atomic E-state index is 0.188. The predicted molar refractivity (Wildman–Crippen MR) is 136 cm³/mol. The number of nitrogens with zero attached hydrogens (tertiary/aromatic N) is 4. The van der Waals surface area contributed by atoms with Gasteiger partial charge in [-0.15, -0.1) is 0 Å². The number of hydrogen-bond acceptors (Lipinski definition) is 7. The summed E-state index contributed by atoms with van der Waals surface area (Å²) in [6.07, 6.45) is 4.72. The molecule has 178 valence electrons. The summed E-state index contributed by atoms with van der Waals surface area (Å²) in [4.78, 5) is 22.8. The van der Waals surface area contributed by atoms with Crippen LogP contribution in [-0.2, 0) is 4.79 Å². The number of piperidine rings is 1. The minimum atomic E-state index is -0.188. The standard InChI is InChI=1S/C27H28N6O2/c1-2-20(16-28)27(34)33-14-12-19(13-15-33)17-30-26-24(25(29)31-18-32-26)21-8-10-23(11-9-21)35-22-6-4-3-5-7-22/h2-11,18-19H,12-15,17H2,1H3,(H3,29,30,31,32)/b20-2+. The van der Waals surface area contributed by atoms with Crippen LogP contribution in [0.4, 0.5) is 11.6 Å². The van der Waals surface area contributed by atoms with E-state index in [1.807, 2.05) is 60.7 Å². The van der Waals surface area contributed by atoms with Gasteiger partial charge in [-0.05, 0) is 55.5 Å². The number of hydrogen-bond donors (Lipinski definition) is 2. The summed E-state index contributed by atoms with van der Waals surface area (Å²) in [5.41, 5.74) is 8.07. The maximum Gasteiger partial charge on any atom is 0.264 e. The first-order valence-electron chi connectivity index (χ1n) is 11.6. The smallest absolute Gasteiger partial charge is 0.264 e. The van der Waals surface area contributed by atoms with Crippen LogP contribution in [0.2, 0.25) is 0 Å². The van der Waals surface area contributed by atoms with Gasteiger partial charge in [0.15, 0.2) is 0 Å². The van der Waals surface area contributed by atoms with Crippen molar-refractivity contribution < 1.29 is 9.53 Å². The fourth-order valence-electron chi connectivity index (χ4n) is 4.12. The van der Waals surface area contributed by atoms with Gasteiger partial charge in [0.05, 0.1) is 5.56 Å². The number of anilines is 2. The first-order valence-corrected chi connectivity index (χ1v) is 11.6. The first-order chi connectivity index (χ1) is 17.1. The van der Waals surface area contributed by atoms with Gasteiger partial charge in [0.1, 0.15) is 41.1 Å². The molecule has 1 amide bonds. The second-order valence-corrected chi connectivity index (χ2v) is 8.35. The summed E-state index contributed by atoms with van der Waals surface area (Å²) in [7, 11) is 0. The lowest BCUT2D eigenvalue weighted by Gasteiger charge is -2.32. The molecule has 0 radical (unpaired) electrons. The van der Waals surface area contributed by atoms with E-state index in [0.717, 1.165) is 35.5 Å². The monoisotopic (exact) mass is 468 g/mol. The van der Waals surface area contributed by atoms with Crippen molar-refractivity contribution >= 4 is 17.5 Å². The number of amides is 1. The van der Waals surface area contributed by atoms with Crippen molar-refractivity contribution in [2.75, 3.05) is 30.7 Å². The van der Waals surface area contributed by atoms with Crippen LogP contribution in [-0.4, -0.2) is 40.4 Å². The van der Waals surface area contributed by atoms with Gasteiger partial charge in [0.2, 0.25) is 0 Å². The van der Waals surface area contributed by atoms with Crippen molar-refractivity contribution in [2.24, 2.45) is 5.92 Å². The third-order valence-electron chi connectivity index (χ3n) is 6.10. The molecule has 8 heteroatoms. The van der Waals surface area contributed by atoms with E-state index in [2.05, 4.69) is 15.3 Å². The molecular formula is C27H28N6O2. The summed E-state index contributed by atoms with van der Waals surface area (Å²) in [5.74, 6) is 2.76. The highest BCUT2D eigenvalue weighted by Crippen LogP contribution is 2.33. The molecule has 0 unspecified atom stereocenters. The molecule has 3 aromatic rings. The Morgan fingerprint density at radius 2 is 1.83 bits per heavy atom. The number of carbonyl (C=O) groups is 1. The van der Waals surface area contributed by atoms with Crippen LogP contribution in [0.15, 0.2) is 72.6 Å². The number of carbonyl (C=O) groups excluding carboxylic acids is 1. The molecule has 3 N–H and O–H groups in total. The van der Waals surface area contributed by atoms with E-state index in [1.165, 1.54) is 6.33 Å². The Labute approximate surface area is 205 Å². The number of ether oxygens (including phenoxy) is 1. The zero-order valence-corrected chi connectivity index (χ0v) is 19.6. The molecule has 0 saturated carbocycles. The van der Waals surface area contributed by atoms with Gasteiger partial charge in [-0.1, -0.05) is 36.4 Å². The van der Waals surface area contributed by atoms with E-state index >= 15 is 0 Å². The van der Waals surface area contributed by atoms with Gasteiger partial charge < -0.3 is 20.7 Å². The number of para-hydroxylation sites is 1. The summed E-state index contributed by atoms with van der Waals surface area (Å²) < 4.78 is 5.88. The fraction of sp³-hybridized carbons (Fsp3) is 0.259. The van der Waals surface area contributed by atoms with Crippen LogP contribution in [0.25, 0.3) is 11.1 Å². The molecule has 1 aliphatic heterocycles. The summed E-state index contributed by atoms with van der Waals surface area (Å²) in [5, 5.41) is 12.5. The van der Waals surface area contributed by atoms with Crippen LogP contribution in [0.3, 0.4) is 0 Å². The van der Waals surface area contributed by atoms with Gasteiger partial charge in [-0.25, -0.2) is 9.97 Å². The average molecular weight is 469 g/mol. The molecule has 0 aliphatic carbocycles. The van der Waals surface area contributed by atoms with Crippen LogP contribution in [0.1, 0.15) is 19.8 Å². The minimum Gasteiger partial charge on any atom is -0.457 e. The molecule has 0 spiro atoms. The van der Waals surface area contributed by atoms with Gasteiger partial charge in [-0.3, -0.25) is 4.79 Å². The summed E-state index contributed by atoms with van der Waals surface area (Å²) >= 11 is 0. The molecule has 35 heavy (non-hydrogen) atoms. The van der Waals surface area contributed by atoms with Crippen LogP contribution in [0, 0.1) is 17.2 Å². The van der Waals surface area contributed by atoms with Crippen molar-refractivity contribution in [2.45, 2.75) is 19.8 Å². The van der Waals surface area contributed by atoms with E-state index < -0.39 is 0 Å². The van der Waals surface area contributed by atoms with Crippen molar-refractivity contribution in [1.29, 1.82) is 5.26 Å². The largest absolute Gasteiger partial charge is 0.457 e. The summed E-state index contributed by atoms with van der Waals surface area (Å²) in [6.45, 7) is 3.68. The van der Waals surface area contributed by atoms with Crippen molar-refractivity contribution in [3.05, 3.63) is 72.6 Å². The fourth-order valence-corrected chi connectivity index (χ4v) is 4.12. The van der Waals surface area contributed by atoms with Gasteiger partial charge in [-0.2, -0.15) is 5.26 Å². The highest BCUT2D eigenvalue weighted by molar-refractivity contribution is 5.97. The molecule has 1 fully saturated rings. The highest BCUT2D eigenvalue weighted by atomic mass is 16.5. The van der Waals surface area contributed by atoms with E-state index in [9.17, 15) is 4.79 Å². The van der Waals surface area contributed by atoms with Crippen molar-refractivity contribution in [1.82, 2.24) is 14.9 Å². The topological polar surface area (TPSA) is 117 Å². The zero-order chi connectivity index (χ0) is 24.6. The van der Waals surface area contributed by atoms with Gasteiger partial charge in [0.25, 0.3) is 5.91 Å². The molecule has 4 rings (SSSR count). The quantitative estimate of drug-likeness (QED) is 0.383.